The number of fused-ring (bicyclic) bond motifs is 1. The Balaban J connectivity index is 1.83. The zero-order valence-corrected chi connectivity index (χ0v) is 12.8. The van der Waals surface area contributed by atoms with Crippen molar-refractivity contribution in [3.05, 3.63) is 71.0 Å². The van der Waals surface area contributed by atoms with Gasteiger partial charge in [-0.15, -0.1) is 0 Å². The summed E-state index contributed by atoms with van der Waals surface area (Å²) < 4.78 is 7.87. The first-order valence-electron chi connectivity index (χ1n) is 6.69. The number of rotatable bonds is 2. The second-order valence-corrected chi connectivity index (χ2v) is 5.79. The lowest BCUT2D eigenvalue weighted by Crippen LogP contribution is -1.87. The first kappa shape index (κ1) is 13.4. The molecule has 0 N–H and O–H groups in total. The van der Waals surface area contributed by atoms with E-state index >= 15 is 0 Å². The van der Waals surface area contributed by atoms with Gasteiger partial charge in [-0.3, -0.25) is 0 Å². The lowest BCUT2D eigenvalue weighted by molar-refractivity contribution is 0.619. The molecule has 108 valence electrons. The van der Waals surface area contributed by atoms with Crippen LogP contribution in [-0.2, 0) is 0 Å². The molecule has 2 heterocycles. The van der Waals surface area contributed by atoms with E-state index < -0.39 is 0 Å². The van der Waals surface area contributed by atoms with Crippen molar-refractivity contribution in [1.82, 2.24) is 9.55 Å². The summed E-state index contributed by atoms with van der Waals surface area (Å²) in [5.74, 6) is 0.504. The average Bonchev–Trinajstić information content (AvgIpc) is 3.15. The molecule has 0 atom stereocenters. The normalized spacial score (nSPS) is 11.2. The van der Waals surface area contributed by atoms with Gasteiger partial charge in [-0.05, 0) is 42.5 Å². The molecule has 2 aromatic carbocycles. The van der Waals surface area contributed by atoms with Crippen LogP contribution in [-0.4, -0.2) is 9.55 Å². The SMILES string of the molecule is Clc1cc(Cl)cc(-c2nc3ccc(-n4cccc4)cc3o2)c1. The van der Waals surface area contributed by atoms with Crippen molar-refractivity contribution in [2.75, 3.05) is 0 Å². The van der Waals surface area contributed by atoms with Gasteiger partial charge in [-0.2, -0.15) is 0 Å². The van der Waals surface area contributed by atoms with E-state index in [2.05, 4.69) is 4.98 Å². The first-order chi connectivity index (χ1) is 10.7. The molecule has 2 aromatic heterocycles. The van der Waals surface area contributed by atoms with Crippen LogP contribution >= 0.6 is 23.2 Å². The number of oxazole rings is 1. The van der Waals surface area contributed by atoms with Crippen LogP contribution in [0.5, 0.6) is 0 Å². The van der Waals surface area contributed by atoms with E-state index in [0.29, 0.717) is 15.9 Å². The lowest BCUT2D eigenvalue weighted by Gasteiger charge is -2.00. The second kappa shape index (κ2) is 5.20. The molecule has 22 heavy (non-hydrogen) atoms. The topological polar surface area (TPSA) is 31.0 Å². The Kier molecular flexibility index (Phi) is 3.17. The third kappa shape index (κ3) is 2.39. The van der Waals surface area contributed by atoms with Crippen molar-refractivity contribution in [2.45, 2.75) is 0 Å². The van der Waals surface area contributed by atoms with Crippen molar-refractivity contribution >= 4 is 34.3 Å². The van der Waals surface area contributed by atoms with Crippen LogP contribution in [0.2, 0.25) is 10.0 Å². The summed E-state index contributed by atoms with van der Waals surface area (Å²) in [6.45, 7) is 0. The summed E-state index contributed by atoms with van der Waals surface area (Å²) in [5.41, 5.74) is 3.29. The summed E-state index contributed by atoms with van der Waals surface area (Å²) in [4.78, 5) is 4.49. The fourth-order valence-corrected chi connectivity index (χ4v) is 2.91. The molecule has 0 saturated carbocycles. The quantitative estimate of drug-likeness (QED) is 0.480. The highest BCUT2D eigenvalue weighted by molar-refractivity contribution is 6.35. The molecular formula is C17H10Cl2N2O. The zero-order valence-electron chi connectivity index (χ0n) is 11.3. The third-order valence-electron chi connectivity index (χ3n) is 3.38. The van der Waals surface area contributed by atoms with Crippen LogP contribution in [0.4, 0.5) is 0 Å². The number of benzene rings is 2. The van der Waals surface area contributed by atoms with Gasteiger partial charge in [0.25, 0.3) is 0 Å². The van der Waals surface area contributed by atoms with E-state index in [1.807, 2.05) is 47.3 Å². The number of nitrogens with zero attached hydrogens (tertiary/aromatic N) is 2. The molecular weight excluding hydrogens is 319 g/mol. The van der Waals surface area contributed by atoms with Gasteiger partial charge in [0.1, 0.15) is 5.52 Å². The predicted molar refractivity (Wildman–Crippen MR) is 88.8 cm³/mol. The summed E-state index contributed by atoms with van der Waals surface area (Å²) in [6.07, 6.45) is 3.96. The summed E-state index contributed by atoms with van der Waals surface area (Å²) in [5, 5.41) is 1.11. The maximum absolute atomic E-state index is 6.03. The van der Waals surface area contributed by atoms with Crippen molar-refractivity contribution in [1.29, 1.82) is 0 Å². The van der Waals surface area contributed by atoms with E-state index in [1.54, 1.807) is 18.2 Å². The number of halogens is 2. The molecule has 4 rings (SSSR count). The smallest absolute Gasteiger partial charge is 0.227 e. The van der Waals surface area contributed by atoms with Gasteiger partial charge in [-0.1, -0.05) is 23.2 Å². The van der Waals surface area contributed by atoms with E-state index in [1.165, 1.54) is 0 Å². The Morgan fingerprint density at radius 2 is 1.64 bits per heavy atom. The van der Waals surface area contributed by atoms with Gasteiger partial charge >= 0.3 is 0 Å². The molecule has 0 fully saturated rings. The number of hydrogen-bond acceptors (Lipinski definition) is 2. The fourth-order valence-electron chi connectivity index (χ4n) is 2.38. The molecule has 5 heteroatoms. The van der Waals surface area contributed by atoms with Crippen molar-refractivity contribution < 1.29 is 4.42 Å². The van der Waals surface area contributed by atoms with Crippen LogP contribution < -0.4 is 0 Å². The van der Waals surface area contributed by atoms with Gasteiger partial charge in [-0.25, -0.2) is 4.98 Å². The largest absolute Gasteiger partial charge is 0.436 e. The van der Waals surface area contributed by atoms with Gasteiger partial charge in [0.15, 0.2) is 5.58 Å². The molecule has 4 aromatic rings. The lowest BCUT2D eigenvalue weighted by atomic mass is 10.2. The minimum absolute atomic E-state index is 0.504. The second-order valence-electron chi connectivity index (χ2n) is 4.92. The Labute approximate surface area is 136 Å². The molecule has 0 unspecified atom stereocenters. The number of hydrogen-bond donors (Lipinski definition) is 0. The van der Waals surface area contributed by atoms with Crippen LogP contribution in [0.25, 0.3) is 28.2 Å². The molecule has 0 aliphatic heterocycles. The predicted octanol–water partition coefficient (Wildman–Crippen LogP) is 5.59. The average molecular weight is 329 g/mol. The van der Waals surface area contributed by atoms with E-state index in [4.69, 9.17) is 27.6 Å². The highest BCUT2D eigenvalue weighted by Gasteiger charge is 2.10. The molecule has 0 saturated heterocycles. The van der Waals surface area contributed by atoms with Crippen molar-refractivity contribution in [3.63, 3.8) is 0 Å². The zero-order chi connectivity index (χ0) is 15.1. The van der Waals surface area contributed by atoms with Gasteiger partial charge in [0.2, 0.25) is 5.89 Å². The van der Waals surface area contributed by atoms with Gasteiger partial charge in [0.05, 0.1) is 0 Å². The Morgan fingerprint density at radius 1 is 0.909 bits per heavy atom. The molecule has 0 bridgehead atoms. The third-order valence-corrected chi connectivity index (χ3v) is 3.82. The number of aromatic nitrogens is 2. The van der Waals surface area contributed by atoms with E-state index in [0.717, 1.165) is 22.4 Å². The maximum atomic E-state index is 6.03. The molecule has 0 spiro atoms. The molecule has 3 nitrogen and oxygen atoms in total. The summed E-state index contributed by atoms with van der Waals surface area (Å²) in [6, 6.07) is 15.1. The Morgan fingerprint density at radius 3 is 2.36 bits per heavy atom. The standard InChI is InChI=1S/C17H10Cl2N2O/c18-12-7-11(8-13(19)9-12)17-20-15-4-3-14(10-16(15)22-17)21-5-1-2-6-21/h1-10H. The van der Waals surface area contributed by atoms with E-state index in [9.17, 15) is 0 Å². The van der Waals surface area contributed by atoms with Crippen LogP contribution in [0.15, 0.2) is 65.3 Å². The van der Waals surface area contributed by atoms with Crippen LogP contribution in [0.1, 0.15) is 0 Å². The van der Waals surface area contributed by atoms with Crippen molar-refractivity contribution in [3.8, 4) is 17.1 Å². The monoisotopic (exact) mass is 328 g/mol. The van der Waals surface area contributed by atoms with Gasteiger partial charge < -0.3 is 8.98 Å². The summed E-state index contributed by atoms with van der Waals surface area (Å²) in [7, 11) is 0. The van der Waals surface area contributed by atoms with Crippen LogP contribution in [0, 0.1) is 0 Å². The summed E-state index contributed by atoms with van der Waals surface area (Å²) >= 11 is 12.1. The fraction of sp³-hybridized carbons (Fsp3) is 0. The molecule has 0 aliphatic rings. The minimum atomic E-state index is 0.504. The molecule has 0 radical (unpaired) electrons. The minimum Gasteiger partial charge on any atom is -0.436 e. The van der Waals surface area contributed by atoms with Gasteiger partial charge in [0, 0.05) is 39.8 Å². The maximum Gasteiger partial charge on any atom is 0.227 e. The highest BCUT2D eigenvalue weighted by atomic mass is 35.5. The first-order valence-corrected chi connectivity index (χ1v) is 7.45. The highest BCUT2D eigenvalue weighted by Crippen LogP contribution is 2.30. The van der Waals surface area contributed by atoms with Crippen LogP contribution in [0.3, 0.4) is 0 Å². The molecule has 0 aliphatic carbocycles. The molecule has 0 amide bonds. The Bertz CT molecular complexity index is 938. The van der Waals surface area contributed by atoms with Crippen molar-refractivity contribution in [2.24, 2.45) is 0 Å². The van der Waals surface area contributed by atoms with E-state index in [-0.39, 0.29) is 0 Å². The Hall–Kier alpha value is -2.23.